The van der Waals surface area contributed by atoms with Gasteiger partial charge >= 0.3 is 11.9 Å². The summed E-state index contributed by atoms with van der Waals surface area (Å²) in [6, 6.07) is 15.9. The lowest BCUT2D eigenvalue weighted by Crippen LogP contribution is -2.03. The maximum atomic E-state index is 11.5. The number of fused-ring (bicyclic) bond motifs is 1. The minimum atomic E-state index is -1.03. The molecule has 0 amide bonds. The average Bonchev–Trinajstić information content (AvgIpc) is 3.07. The largest absolute Gasteiger partial charge is 0.481 e. The molecule has 1 heterocycles. The third-order valence-electron chi connectivity index (χ3n) is 3.47. The molecule has 0 aliphatic carbocycles. The van der Waals surface area contributed by atoms with Crippen molar-refractivity contribution in [3.05, 3.63) is 54.1 Å². The summed E-state index contributed by atoms with van der Waals surface area (Å²) < 4.78 is 6.59. The molecule has 1 aromatic heterocycles. The molecule has 0 aliphatic rings. The van der Waals surface area contributed by atoms with Crippen LogP contribution in [0.15, 0.2) is 52.9 Å². The van der Waals surface area contributed by atoms with Gasteiger partial charge in [0.1, 0.15) is 17.6 Å². The molecule has 0 radical (unpaired) electrons. The minimum absolute atomic E-state index is 0.156. The van der Waals surface area contributed by atoms with E-state index in [0.717, 1.165) is 27.9 Å². The number of aromatic nitrogens is 1. The lowest BCUT2D eigenvalue weighted by molar-refractivity contribution is -0.141. The standard InChI is InChI=1S/C18H16N2O4S2/c21-15(22)9-10-16(23)24-26-18-20-17-13(7-4-8-14(17)25-18)19-11-12-5-2-1-3-6-12/h1-8,19H,9-11H2,(H,21,22). The monoisotopic (exact) mass is 388 g/mol. The van der Waals surface area contributed by atoms with Crippen LogP contribution in [0.1, 0.15) is 18.4 Å². The first-order chi connectivity index (χ1) is 12.6. The van der Waals surface area contributed by atoms with Crippen molar-refractivity contribution in [2.75, 3.05) is 5.32 Å². The molecule has 26 heavy (non-hydrogen) atoms. The first-order valence-electron chi connectivity index (χ1n) is 7.88. The third kappa shape index (κ3) is 4.96. The van der Waals surface area contributed by atoms with Crippen LogP contribution in [0.25, 0.3) is 10.2 Å². The van der Waals surface area contributed by atoms with Gasteiger partial charge in [-0.2, -0.15) is 0 Å². The fourth-order valence-electron chi connectivity index (χ4n) is 2.23. The molecule has 0 fully saturated rings. The van der Waals surface area contributed by atoms with E-state index >= 15 is 0 Å². The lowest BCUT2D eigenvalue weighted by Gasteiger charge is -2.06. The van der Waals surface area contributed by atoms with Gasteiger partial charge in [0.05, 0.1) is 23.2 Å². The highest BCUT2D eigenvalue weighted by Gasteiger charge is 2.12. The number of carbonyl (C=O) groups excluding carboxylic acids is 1. The second-order valence-electron chi connectivity index (χ2n) is 5.40. The van der Waals surface area contributed by atoms with Crippen LogP contribution in [0.5, 0.6) is 0 Å². The highest BCUT2D eigenvalue weighted by molar-refractivity contribution is 7.97. The van der Waals surface area contributed by atoms with E-state index in [9.17, 15) is 9.59 Å². The summed E-state index contributed by atoms with van der Waals surface area (Å²) in [5.74, 6) is -1.60. The number of nitrogens with zero attached hydrogens (tertiary/aromatic N) is 1. The number of hydrogen-bond acceptors (Lipinski definition) is 7. The Morgan fingerprint density at radius 3 is 2.69 bits per heavy atom. The first-order valence-corrected chi connectivity index (χ1v) is 9.44. The van der Waals surface area contributed by atoms with Gasteiger partial charge < -0.3 is 14.6 Å². The summed E-state index contributed by atoms with van der Waals surface area (Å²) >= 11 is 2.28. The summed E-state index contributed by atoms with van der Waals surface area (Å²) in [5.41, 5.74) is 2.89. The van der Waals surface area contributed by atoms with Crippen LogP contribution in [-0.4, -0.2) is 22.0 Å². The van der Waals surface area contributed by atoms with E-state index in [1.165, 1.54) is 16.9 Å². The van der Waals surface area contributed by atoms with Gasteiger partial charge in [0, 0.05) is 6.54 Å². The molecule has 0 bridgehead atoms. The molecular formula is C18H16N2O4S2. The summed E-state index contributed by atoms with van der Waals surface area (Å²) in [4.78, 5) is 26.5. The van der Waals surface area contributed by atoms with Crippen molar-refractivity contribution in [2.24, 2.45) is 0 Å². The zero-order chi connectivity index (χ0) is 18.4. The van der Waals surface area contributed by atoms with Crippen LogP contribution >= 0.6 is 23.4 Å². The average molecular weight is 388 g/mol. The molecule has 0 saturated heterocycles. The van der Waals surface area contributed by atoms with E-state index in [1.807, 2.05) is 48.5 Å². The molecule has 0 atom stereocenters. The summed E-state index contributed by atoms with van der Waals surface area (Å²) in [6.07, 6.45) is -0.399. The number of carboxylic acids is 1. The Hall–Kier alpha value is -2.58. The maximum absolute atomic E-state index is 11.5. The molecule has 0 spiro atoms. The fraction of sp³-hybridized carbons (Fsp3) is 0.167. The maximum Gasteiger partial charge on any atom is 0.318 e. The topological polar surface area (TPSA) is 88.5 Å². The summed E-state index contributed by atoms with van der Waals surface area (Å²) in [7, 11) is 0. The Morgan fingerprint density at radius 1 is 1.12 bits per heavy atom. The number of hydrogen-bond donors (Lipinski definition) is 2. The van der Waals surface area contributed by atoms with Crippen molar-refractivity contribution >= 4 is 51.2 Å². The quantitative estimate of drug-likeness (QED) is 0.555. The number of carbonyl (C=O) groups is 2. The van der Waals surface area contributed by atoms with Gasteiger partial charge in [-0.05, 0) is 17.7 Å². The van der Waals surface area contributed by atoms with Crippen molar-refractivity contribution in [1.29, 1.82) is 0 Å². The number of nitrogens with one attached hydrogen (secondary N) is 1. The van der Waals surface area contributed by atoms with Crippen LogP contribution in [-0.2, 0) is 20.3 Å². The van der Waals surface area contributed by atoms with Crippen LogP contribution in [0.3, 0.4) is 0 Å². The first kappa shape index (κ1) is 18.2. The van der Waals surface area contributed by atoms with E-state index in [1.54, 1.807) is 0 Å². The van der Waals surface area contributed by atoms with Crippen LogP contribution in [0, 0.1) is 0 Å². The SMILES string of the molecule is O=C(O)CCC(=O)OSc1nc2c(NCc3ccccc3)cccc2s1. The van der Waals surface area contributed by atoms with Gasteiger partial charge in [0.25, 0.3) is 0 Å². The van der Waals surface area contributed by atoms with Gasteiger partial charge in [-0.1, -0.05) is 36.4 Å². The normalized spacial score (nSPS) is 10.6. The van der Waals surface area contributed by atoms with Crippen molar-refractivity contribution in [3.63, 3.8) is 0 Å². The molecule has 3 aromatic rings. The molecule has 0 unspecified atom stereocenters. The Labute approximate surface area is 158 Å². The minimum Gasteiger partial charge on any atom is -0.481 e. The number of thiazole rings is 1. The van der Waals surface area contributed by atoms with E-state index in [0.29, 0.717) is 10.9 Å². The number of benzene rings is 2. The van der Waals surface area contributed by atoms with Crippen molar-refractivity contribution in [1.82, 2.24) is 4.98 Å². The third-order valence-corrected chi connectivity index (χ3v) is 5.25. The van der Waals surface area contributed by atoms with E-state index in [2.05, 4.69) is 10.3 Å². The van der Waals surface area contributed by atoms with Gasteiger partial charge in [0.15, 0.2) is 4.34 Å². The number of anilines is 1. The molecule has 6 nitrogen and oxygen atoms in total. The van der Waals surface area contributed by atoms with Crippen LogP contribution < -0.4 is 5.32 Å². The van der Waals surface area contributed by atoms with E-state index < -0.39 is 11.9 Å². The van der Waals surface area contributed by atoms with Gasteiger partial charge in [-0.25, -0.2) is 4.98 Å². The van der Waals surface area contributed by atoms with Crippen LogP contribution in [0.4, 0.5) is 5.69 Å². The number of carboxylic acid groups (broad SMARTS) is 1. The Morgan fingerprint density at radius 2 is 1.92 bits per heavy atom. The molecule has 134 valence electrons. The predicted octanol–water partition coefficient (Wildman–Crippen LogP) is 4.32. The van der Waals surface area contributed by atoms with Crippen molar-refractivity contribution < 1.29 is 18.9 Å². The lowest BCUT2D eigenvalue weighted by atomic mass is 10.2. The number of aliphatic carboxylic acids is 1. The van der Waals surface area contributed by atoms with E-state index in [-0.39, 0.29) is 12.8 Å². The van der Waals surface area contributed by atoms with E-state index in [4.69, 9.17) is 9.29 Å². The summed E-state index contributed by atoms with van der Waals surface area (Å²) in [5, 5.41) is 12.0. The van der Waals surface area contributed by atoms with Gasteiger partial charge in [-0.15, -0.1) is 11.3 Å². The molecule has 2 N–H and O–H groups in total. The predicted molar refractivity (Wildman–Crippen MR) is 102 cm³/mol. The van der Waals surface area contributed by atoms with Crippen LogP contribution in [0.2, 0.25) is 0 Å². The molecular weight excluding hydrogens is 372 g/mol. The highest BCUT2D eigenvalue weighted by Crippen LogP contribution is 2.34. The zero-order valence-corrected chi connectivity index (χ0v) is 15.3. The Kier molecular flexibility index (Phi) is 6.08. The second kappa shape index (κ2) is 8.68. The van der Waals surface area contributed by atoms with Gasteiger partial charge in [0.2, 0.25) is 0 Å². The molecule has 2 aromatic carbocycles. The number of para-hydroxylation sites is 1. The fourth-order valence-corrected chi connectivity index (χ4v) is 3.84. The highest BCUT2D eigenvalue weighted by atomic mass is 32.2. The smallest absolute Gasteiger partial charge is 0.318 e. The second-order valence-corrected chi connectivity index (χ2v) is 7.41. The van der Waals surface area contributed by atoms with Crippen molar-refractivity contribution in [2.45, 2.75) is 23.7 Å². The molecule has 8 heteroatoms. The Balaban J connectivity index is 1.64. The molecule has 0 aliphatic heterocycles. The molecule has 0 saturated carbocycles. The zero-order valence-electron chi connectivity index (χ0n) is 13.7. The van der Waals surface area contributed by atoms with Crippen molar-refractivity contribution in [3.8, 4) is 0 Å². The summed E-state index contributed by atoms with van der Waals surface area (Å²) in [6.45, 7) is 0.685. The Bertz CT molecular complexity index is 912. The number of rotatable bonds is 8. The van der Waals surface area contributed by atoms with Gasteiger partial charge in [-0.3, -0.25) is 9.59 Å². The molecule has 3 rings (SSSR count).